The molecule has 0 radical (unpaired) electrons. The monoisotopic (exact) mass is 457 g/mol. The van der Waals surface area contributed by atoms with Crippen molar-refractivity contribution in [2.45, 2.75) is 50.0 Å². The fourth-order valence-corrected chi connectivity index (χ4v) is 5.06. The maximum absolute atomic E-state index is 13.3. The maximum atomic E-state index is 13.3. The molecule has 0 aromatic heterocycles. The van der Waals surface area contributed by atoms with E-state index in [4.69, 9.17) is 11.6 Å². The van der Waals surface area contributed by atoms with Crippen LogP contribution < -0.4 is 4.72 Å². The van der Waals surface area contributed by atoms with Gasteiger partial charge in [-0.05, 0) is 80.2 Å². The molecule has 31 heavy (non-hydrogen) atoms. The van der Waals surface area contributed by atoms with Gasteiger partial charge in [-0.15, -0.1) is 0 Å². The summed E-state index contributed by atoms with van der Waals surface area (Å²) in [4.78, 5) is 31.1. The van der Waals surface area contributed by atoms with Gasteiger partial charge < -0.3 is 9.62 Å². The molecule has 0 bridgehead atoms. The number of halogens is 1. The third kappa shape index (κ3) is 4.34. The summed E-state index contributed by atoms with van der Waals surface area (Å²) < 4.78 is 3.28. The van der Waals surface area contributed by atoms with Crippen LogP contribution in [0.2, 0.25) is 5.02 Å². The van der Waals surface area contributed by atoms with Crippen molar-refractivity contribution in [3.63, 3.8) is 0 Å². The van der Waals surface area contributed by atoms with Crippen molar-refractivity contribution >= 4 is 41.1 Å². The van der Waals surface area contributed by atoms with Crippen LogP contribution in [0.1, 0.15) is 59.9 Å². The van der Waals surface area contributed by atoms with Gasteiger partial charge in [0.1, 0.15) is 0 Å². The maximum Gasteiger partial charge on any atom is 0.264 e. The number of benzene rings is 2. The Hall–Kier alpha value is -2.02. The SMILES string of the molecule is CN1CCC(N2C(=O)c3c(Cl)ccc(NSc4ccc(C(C)(C)C)cc4)c3C2=O)CC1. The number of rotatable bonds is 4. The Morgan fingerprint density at radius 3 is 2.19 bits per heavy atom. The molecule has 2 amide bonds. The molecule has 4 rings (SSSR count). The van der Waals surface area contributed by atoms with E-state index in [0.717, 1.165) is 30.8 Å². The van der Waals surface area contributed by atoms with E-state index < -0.39 is 0 Å². The van der Waals surface area contributed by atoms with Gasteiger partial charge in [-0.25, -0.2) is 0 Å². The average Bonchev–Trinajstić information content (AvgIpc) is 2.99. The average molecular weight is 458 g/mol. The Morgan fingerprint density at radius 2 is 1.58 bits per heavy atom. The third-order valence-corrected chi connectivity index (χ3v) is 7.22. The normalized spacial score (nSPS) is 17.9. The molecule has 5 nitrogen and oxygen atoms in total. The molecule has 0 atom stereocenters. The number of fused-ring (bicyclic) bond motifs is 1. The highest BCUT2D eigenvalue weighted by Crippen LogP contribution is 2.38. The number of piperidine rings is 1. The second kappa shape index (κ2) is 8.49. The van der Waals surface area contributed by atoms with Gasteiger partial charge >= 0.3 is 0 Å². The van der Waals surface area contributed by atoms with Gasteiger partial charge in [0.15, 0.2) is 0 Å². The lowest BCUT2D eigenvalue weighted by Gasteiger charge is -2.33. The zero-order valence-corrected chi connectivity index (χ0v) is 19.9. The zero-order chi connectivity index (χ0) is 22.3. The molecule has 1 fully saturated rings. The number of amides is 2. The molecule has 0 saturated carbocycles. The highest BCUT2D eigenvalue weighted by atomic mass is 35.5. The second-order valence-electron chi connectivity index (χ2n) is 9.34. The Bertz CT molecular complexity index is 1010. The second-order valence-corrected chi connectivity index (χ2v) is 10.6. The smallest absolute Gasteiger partial charge is 0.264 e. The van der Waals surface area contributed by atoms with Crippen molar-refractivity contribution in [1.29, 1.82) is 0 Å². The third-order valence-electron chi connectivity index (χ3n) is 6.07. The van der Waals surface area contributed by atoms with Crippen LogP contribution in [0.3, 0.4) is 0 Å². The van der Waals surface area contributed by atoms with Crippen molar-refractivity contribution in [1.82, 2.24) is 9.80 Å². The lowest BCUT2D eigenvalue weighted by atomic mass is 9.87. The summed E-state index contributed by atoms with van der Waals surface area (Å²) in [5.41, 5.74) is 2.68. The van der Waals surface area contributed by atoms with Gasteiger partial charge in [-0.2, -0.15) is 0 Å². The van der Waals surface area contributed by atoms with Crippen LogP contribution in [0.25, 0.3) is 0 Å². The van der Waals surface area contributed by atoms with Crippen molar-refractivity contribution in [2.24, 2.45) is 0 Å². The number of carbonyl (C=O) groups is 2. The number of carbonyl (C=O) groups excluding carboxylic acids is 2. The van der Waals surface area contributed by atoms with Gasteiger partial charge in [0.2, 0.25) is 0 Å². The van der Waals surface area contributed by atoms with E-state index >= 15 is 0 Å². The quantitative estimate of drug-likeness (QED) is 0.489. The van der Waals surface area contributed by atoms with E-state index in [1.165, 1.54) is 22.4 Å². The first kappa shape index (κ1) is 22.2. The molecule has 0 unspecified atom stereocenters. The standard InChI is InChI=1S/C24H28ClN3O2S/c1-24(2,3)15-5-7-17(8-6-15)31-26-19-10-9-18(25)20-21(19)23(30)28(22(20)29)16-11-13-27(4)14-12-16/h5-10,16,26H,11-14H2,1-4H3. The Kier molecular flexibility index (Phi) is 6.08. The number of nitrogens with zero attached hydrogens (tertiary/aromatic N) is 2. The van der Waals surface area contributed by atoms with E-state index in [0.29, 0.717) is 21.8 Å². The summed E-state index contributed by atoms with van der Waals surface area (Å²) >= 11 is 7.79. The zero-order valence-electron chi connectivity index (χ0n) is 18.4. The summed E-state index contributed by atoms with van der Waals surface area (Å²) in [5.74, 6) is -0.522. The van der Waals surface area contributed by atoms with Crippen molar-refractivity contribution < 1.29 is 9.59 Å². The van der Waals surface area contributed by atoms with E-state index in [-0.39, 0.29) is 23.3 Å². The molecule has 2 aliphatic rings. The molecule has 2 aromatic carbocycles. The van der Waals surface area contributed by atoms with Crippen LogP contribution in [-0.2, 0) is 5.41 Å². The van der Waals surface area contributed by atoms with Gasteiger partial charge in [0.05, 0.1) is 21.8 Å². The number of imide groups is 1. The van der Waals surface area contributed by atoms with E-state index in [1.54, 1.807) is 12.1 Å². The fraction of sp³-hybridized carbons (Fsp3) is 0.417. The molecule has 2 aliphatic heterocycles. The van der Waals surface area contributed by atoms with Crippen LogP contribution in [0.4, 0.5) is 5.69 Å². The van der Waals surface area contributed by atoms with Gasteiger partial charge in [0.25, 0.3) is 11.8 Å². The highest BCUT2D eigenvalue weighted by molar-refractivity contribution is 8.00. The highest BCUT2D eigenvalue weighted by Gasteiger charge is 2.43. The number of nitrogens with one attached hydrogen (secondary N) is 1. The molecule has 1 saturated heterocycles. The molecule has 0 aliphatic carbocycles. The molecule has 164 valence electrons. The Labute approximate surface area is 193 Å². The largest absolute Gasteiger partial charge is 0.325 e. The van der Waals surface area contributed by atoms with E-state index in [2.05, 4.69) is 61.7 Å². The van der Waals surface area contributed by atoms with Crippen LogP contribution in [0, 0.1) is 0 Å². The fourth-order valence-electron chi connectivity index (χ4n) is 4.15. The first-order valence-electron chi connectivity index (χ1n) is 10.6. The Morgan fingerprint density at radius 1 is 0.968 bits per heavy atom. The molecule has 7 heteroatoms. The summed E-state index contributed by atoms with van der Waals surface area (Å²) in [6.07, 6.45) is 1.58. The van der Waals surface area contributed by atoms with Crippen molar-refractivity contribution in [2.75, 3.05) is 24.9 Å². The topological polar surface area (TPSA) is 52.6 Å². The summed E-state index contributed by atoms with van der Waals surface area (Å²) in [5, 5.41) is 0.328. The predicted octanol–water partition coefficient (Wildman–Crippen LogP) is 5.45. The number of hydrogen-bond acceptors (Lipinski definition) is 5. The first-order valence-corrected chi connectivity index (χ1v) is 11.8. The van der Waals surface area contributed by atoms with Crippen LogP contribution >= 0.6 is 23.5 Å². The summed E-state index contributed by atoms with van der Waals surface area (Å²) in [6.45, 7) is 8.30. The lowest BCUT2D eigenvalue weighted by molar-refractivity contribution is 0.0517. The van der Waals surface area contributed by atoms with Gasteiger partial charge in [-0.1, -0.05) is 44.5 Å². The van der Waals surface area contributed by atoms with E-state index in [1.807, 2.05) is 0 Å². The Balaban J connectivity index is 1.56. The minimum atomic E-state index is -0.275. The molecule has 0 spiro atoms. The molecular weight excluding hydrogens is 430 g/mol. The lowest BCUT2D eigenvalue weighted by Crippen LogP contribution is -2.46. The molecule has 1 N–H and O–H groups in total. The van der Waals surface area contributed by atoms with Crippen molar-refractivity contribution in [3.8, 4) is 0 Å². The van der Waals surface area contributed by atoms with Crippen LogP contribution in [0.5, 0.6) is 0 Å². The number of anilines is 1. The predicted molar refractivity (Wildman–Crippen MR) is 127 cm³/mol. The summed E-state index contributed by atoms with van der Waals surface area (Å²) in [7, 11) is 2.06. The number of hydrogen-bond donors (Lipinski definition) is 1. The first-order chi connectivity index (χ1) is 14.7. The molecule has 2 aromatic rings. The molecule has 2 heterocycles. The van der Waals surface area contributed by atoms with Crippen molar-refractivity contribution in [3.05, 3.63) is 58.1 Å². The van der Waals surface area contributed by atoms with Crippen LogP contribution in [0.15, 0.2) is 41.3 Å². The van der Waals surface area contributed by atoms with E-state index in [9.17, 15) is 9.59 Å². The minimum Gasteiger partial charge on any atom is -0.325 e. The number of likely N-dealkylation sites (tertiary alicyclic amines) is 1. The van der Waals surface area contributed by atoms with Gasteiger partial charge in [0, 0.05) is 10.9 Å². The summed E-state index contributed by atoms with van der Waals surface area (Å²) in [6, 6.07) is 11.7. The molecular formula is C24H28ClN3O2S. The minimum absolute atomic E-state index is 0.0786. The van der Waals surface area contributed by atoms with Crippen LogP contribution in [-0.4, -0.2) is 47.8 Å². The van der Waals surface area contributed by atoms with Gasteiger partial charge in [-0.3, -0.25) is 14.5 Å².